The minimum absolute atomic E-state index is 0.0296. The van der Waals surface area contributed by atoms with Crippen LogP contribution < -0.4 is 10.5 Å². The zero-order valence-corrected chi connectivity index (χ0v) is 14.5. The predicted octanol–water partition coefficient (Wildman–Crippen LogP) is 2.13. The predicted molar refractivity (Wildman–Crippen MR) is 98.2 cm³/mol. The quantitative estimate of drug-likeness (QED) is 0.719. The summed E-state index contributed by atoms with van der Waals surface area (Å²) in [5.74, 6) is 1.46. The zero-order valence-electron chi connectivity index (χ0n) is 14.5. The number of aromatic nitrogens is 5. The van der Waals surface area contributed by atoms with Gasteiger partial charge in [-0.1, -0.05) is 0 Å². The first-order valence-electron chi connectivity index (χ1n) is 9.19. The van der Waals surface area contributed by atoms with Crippen LogP contribution in [0.5, 0.6) is 0 Å². The van der Waals surface area contributed by atoms with E-state index in [0.29, 0.717) is 12.5 Å². The molecule has 1 saturated heterocycles. The second kappa shape index (κ2) is 6.16. The van der Waals surface area contributed by atoms with Crippen LogP contribution in [0.25, 0.3) is 10.9 Å². The van der Waals surface area contributed by atoms with E-state index in [1.54, 1.807) is 29.5 Å². The summed E-state index contributed by atoms with van der Waals surface area (Å²) in [4.78, 5) is 27.6. The molecule has 1 saturated carbocycles. The Morgan fingerprint density at radius 2 is 2.04 bits per heavy atom. The summed E-state index contributed by atoms with van der Waals surface area (Å²) in [6.07, 6.45) is 9.59. The van der Waals surface area contributed by atoms with Gasteiger partial charge in [-0.2, -0.15) is 5.10 Å². The Kier molecular flexibility index (Phi) is 3.65. The van der Waals surface area contributed by atoms with Gasteiger partial charge in [0.1, 0.15) is 12.1 Å². The van der Waals surface area contributed by atoms with Gasteiger partial charge in [0, 0.05) is 30.1 Å². The minimum Gasteiger partial charge on any atom is -0.351 e. The normalized spacial score (nSPS) is 20.0. The van der Waals surface area contributed by atoms with Crippen molar-refractivity contribution in [3.05, 3.63) is 53.0 Å². The van der Waals surface area contributed by atoms with Crippen molar-refractivity contribution in [2.45, 2.75) is 44.2 Å². The number of hydrogen-bond donors (Lipinski definition) is 0. The number of nitrogens with zero attached hydrogens (tertiary/aromatic N) is 6. The molecule has 1 unspecified atom stereocenters. The number of rotatable bonds is 4. The molecule has 7 nitrogen and oxygen atoms in total. The van der Waals surface area contributed by atoms with Crippen molar-refractivity contribution >= 4 is 16.7 Å². The summed E-state index contributed by atoms with van der Waals surface area (Å²) >= 11 is 0. The number of fused-ring (bicyclic) bond motifs is 1. The maximum absolute atomic E-state index is 12.3. The molecule has 1 aliphatic heterocycles. The fourth-order valence-electron chi connectivity index (χ4n) is 3.82. The second-order valence-electron chi connectivity index (χ2n) is 7.13. The van der Waals surface area contributed by atoms with Crippen LogP contribution in [0.2, 0.25) is 0 Å². The van der Waals surface area contributed by atoms with Gasteiger partial charge >= 0.3 is 0 Å². The Morgan fingerprint density at radius 1 is 1.12 bits per heavy atom. The van der Waals surface area contributed by atoms with Gasteiger partial charge in [0.2, 0.25) is 0 Å². The van der Waals surface area contributed by atoms with Crippen LogP contribution in [0.1, 0.15) is 37.3 Å². The monoisotopic (exact) mass is 348 g/mol. The van der Waals surface area contributed by atoms with E-state index in [4.69, 9.17) is 0 Å². The Morgan fingerprint density at radius 3 is 2.92 bits per heavy atom. The molecule has 132 valence electrons. The third kappa shape index (κ3) is 2.73. The molecule has 1 atom stereocenters. The van der Waals surface area contributed by atoms with Gasteiger partial charge in [-0.25, -0.2) is 14.6 Å². The maximum Gasteiger partial charge on any atom is 0.266 e. The molecule has 7 heteroatoms. The molecule has 0 aromatic carbocycles. The Labute approximate surface area is 150 Å². The maximum atomic E-state index is 12.3. The topological polar surface area (TPSA) is 76.8 Å². The summed E-state index contributed by atoms with van der Waals surface area (Å²) in [7, 11) is 0. The van der Waals surface area contributed by atoms with Crippen LogP contribution in [0.3, 0.4) is 0 Å². The SMILES string of the molecule is O=c1ccc(C2CC2)nn1CC1CCCN1c1ncnc2cnccc12. The smallest absolute Gasteiger partial charge is 0.266 e. The van der Waals surface area contributed by atoms with Crippen molar-refractivity contribution in [1.82, 2.24) is 24.7 Å². The summed E-state index contributed by atoms with van der Waals surface area (Å²) in [5.41, 5.74) is 1.86. The van der Waals surface area contributed by atoms with Crippen LogP contribution in [-0.4, -0.2) is 37.3 Å². The Balaban J connectivity index is 1.48. The molecule has 0 bridgehead atoms. The fraction of sp³-hybridized carbons (Fsp3) is 0.421. The number of pyridine rings is 1. The van der Waals surface area contributed by atoms with Crippen LogP contribution in [0, 0.1) is 0 Å². The van der Waals surface area contributed by atoms with Gasteiger partial charge in [0.15, 0.2) is 0 Å². The molecule has 0 amide bonds. The highest BCUT2D eigenvalue weighted by Gasteiger charge is 2.29. The standard InChI is InChI=1S/C19H20N6O/c26-18-6-5-16(13-3-4-13)23-25(18)11-14-2-1-9-24(14)19-15-7-8-20-10-17(15)21-12-22-19/h5-8,10,12-14H,1-4,9,11H2. The summed E-state index contributed by atoms with van der Waals surface area (Å²) < 4.78 is 1.64. The first-order valence-corrected chi connectivity index (χ1v) is 9.19. The van der Waals surface area contributed by atoms with E-state index in [1.807, 2.05) is 12.1 Å². The third-order valence-corrected chi connectivity index (χ3v) is 5.33. The van der Waals surface area contributed by atoms with Crippen LogP contribution in [0.15, 0.2) is 41.7 Å². The van der Waals surface area contributed by atoms with Gasteiger partial charge in [0.25, 0.3) is 5.56 Å². The van der Waals surface area contributed by atoms with Crippen molar-refractivity contribution in [2.75, 3.05) is 11.4 Å². The number of anilines is 1. The van der Waals surface area contributed by atoms with E-state index in [-0.39, 0.29) is 11.6 Å². The fourth-order valence-corrected chi connectivity index (χ4v) is 3.82. The van der Waals surface area contributed by atoms with E-state index in [2.05, 4.69) is 25.0 Å². The minimum atomic E-state index is -0.0296. The summed E-state index contributed by atoms with van der Waals surface area (Å²) in [6.45, 7) is 1.52. The van der Waals surface area contributed by atoms with Gasteiger partial charge < -0.3 is 4.90 Å². The molecule has 4 heterocycles. The lowest BCUT2D eigenvalue weighted by atomic mass is 10.2. The molecule has 1 aliphatic carbocycles. The molecule has 26 heavy (non-hydrogen) atoms. The lowest BCUT2D eigenvalue weighted by molar-refractivity contribution is 0.481. The first kappa shape index (κ1) is 15.4. The molecular weight excluding hydrogens is 328 g/mol. The van der Waals surface area contributed by atoms with E-state index < -0.39 is 0 Å². The molecule has 0 radical (unpaired) electrons. The number of hydrogen-bond acceptors (Lipinski definition) is 6. The molecule has 5 rings (SSSR count). The molecule has 2 fully saturated rings. The highest BCUT2D eigenvalue weighted by Crippen LogP contribution is 2.38. The van der Waals surface area contributed by atoms with Crippen LogP contribution in [0.4, 0.5) is 5.82 Å². The highest BCUT2D eigenvalue weighted by molar-refractivity contribution is 5.88. The highest BCUT2D eigenvalue weighted by atomic mass is 16.1. The average molecular weight is 348 g/mol. The van der Waals surface area contributed by atoms with Gasteiger partial charge in [-0.15, -0.1) is 0 Å². The van der Waals surface area contributed by atoms with E-state index in [1.165, 1.54) is 12.8 Å². The molecule has 2 aliphatic rings. The second-order valence-corrected chi connectivity index (χ2v) is 7.13. The van der Waals surface area contributed by atoms with E-state index >= 15 is 0 Å². The van der Waals surface area contributed by atoms with Gasteiger partial charge in [-0.3, -0.25) is 9.78 Å². The van der Waals surface area contributed by atoms with Gasteiger partial charge in [0.05, 0.1) is 30.0 Å². The van der Waals surface area contributed by atoms with Gasteiger partial charge in [-0.05, 0) is 37.8 Å². The molecule has 0 spiro atoms. The average Bonchev–Trinajstić information content (AvgIpc) is 3.42. The molecule has 3 aromatic rings. The largest absolute Gasteiger partial charge is 0.351 e. The lowest BCUT2D eigenvalue weighted by Gasteiger charge is -2.26. The third-order valence-electron chi connectivity index (χ3n) is 5.33. The Bertz CT molecular complexity index is 1010. The van der Waals surface area contributed by atoms with Crippen LogP contribution >= 0.6 is 0 Å². The van der Waals surface area contributed by atoms with Crippen molar-refractivity contribution < 1.29 is 0 Å². The Hall–Kier alpha value is -2.83. The van der Waals surface area contributed by atoms with Crippen molar-refractivity contribution in [3.8, 4) is 0 Å². The van der Waals surface area contributed by atoms with Crippen molar-refractivity contribution in [3.63, 3.8) is 0 Å². The van der Waals surface area contributed by atoms with Crippen molar-refractivity contribution in [2.24, 2.45) is 0 Å². The zero-order chi connectivity index (χ0) is 17.5. The first-order chi connectivity index (χ1) is 12.8. The summed E-state index contributed by atoms with van der Waals surface area (Å²) in [5, 5.41) is 5.62. The lowest BCUT2D eigenvalue weighted by Crippen LogP contribution is -2.37. The van der Waals surface area contributed by atoms with E-state index in [9.17, 15) is 4.79 Å². The molecular formula is C19H20N6O. The summed E-state index contributed by atoms with van der Waals surface area (Å²) in [6, 6.07) is 5.71. The van der Waals surface area contributed by atoms with Crippen molar-refractivity contribution in [1.29, 1.82) is 0 Å². The van der Waals surface area contributed by atoms with E-state index in [0.717, 1.165) is 41.8 Å². The molecule has 0 N–H and O–H groups in total. The molecule has 3 aromatic heterocycles. The van der Waals surface area contributed by atoms with Crippen LogP contribution in [-0.2, 0) is 6.54 Å².